The molecule has 0 unspecified atom stereocenters. The highest BCUT2D eigenvalue weighted by molar-refractivity contribution is 7.80. The smallest absolute Gasteiger partial charge is 0.257 e. The second-order valence-corrected chi connectivity index (χ2v) is 6.37. The fraction of sp³-hybridized carbons (Fsp3) is 0.286. The molecule has 0 aliphatic rings. The van der Waals surface area contributed by atoms with Gasteiger partial charge in [0.2, 0.25) is 5.91 Å². The molecule has 29 heavy (non-hydrogen) atoms. The topological polar surface area (TPSA) is 88.7 Å². The standard InChI is InChI=1S/C21H25N3O4S/c1-3-19(25)22-16-6-5-7-17(14-16)23-21(29)24-20(26)15-8-10-18(11-9-15)28-13-12-27-4-2/h5-11,14H,3-4,12-13H2,1-2H3,(H,22,25)(H2,23,24,26,29). The monoisotopic (exact) mass is 415 g/mol. The number of thiocarbonyl (C=S) groups is 1. The molecule has 8 heteroatoms. The van der Waals surface area contributed by atoms with Crippen molar-refractivity contribution in [3.63, 3.8) is 0 Å². The minimum atomic E-state index is -0.334. The van der Waals surface area contributed by atoms with E-state index < -0.39 is 0 Å². The van der Waals surface area contributed by atoms with Crippen LogP contribution >= 0.6 is 12.2 Å². The van der Waals surface area contributed by atoms with Crippen LogP contribution in [0.25, 0.3) is 0 Å². The maximum atomic E-state index is 12.4. The minimum absolute atomic E-state index is 0.0802. The lowest BCUT2D eigenvalue weighted by atomic mass is 10.2. The molecular formula is C21H25N3O4S. The molecule has 154 valence electrons. The average molecular weight is 416 g/mol. The lowest BCUT2D eigenvalue weighted by Gasteiger charge is -2.11. The molecule has 0 spiro atoms. The quantitative estimate of drug-likeness (QED) is 0.429. The van der Waals surface area contributed by atoms with Gasteiger partial charge in [-0.1, -0.05) is 13.0 Å². The highest BCUT2D eigenvalue weighted by Gasteiger charge is 2.09. The van der Waals surface area contributed by atoms with Gasteiger partial charge < -0.3 is 20.1 Å². The summed E-state index contributed by atoms with van der Waals surface area (Å²) < 4.78 is 10.7. The zero-order chi connectivity index (χ0) is 21.1. The maximum Gasteiger partial charge on any atom is 0.257 e. The Bertz CT molecular complexity index is 840. The van der Waals surface area contributed by atoms with Crippen LogP contribution in [-0.4, -0.2) is 36.7 Å². The third-order valence-corrected chi connectivity index (χ3v) is 3.97. The van der Waals surface area contributed by atoms with Crippen molar-refractivity contribution >= 4 is 40.5 Å². The van der Waals surface area contributed by atoms with Crippen LogP contribution in [0.1, 0.15) is 30.6 Å². The summed E-state index contributed by atoms with van der Waals surface area (Å²) >= 11 is 5.21. The van der Waals surface area contributed by atoms with Crippen LogP contribution in [0.3, 0.4) is 0 Å². The lowest BCUT2D eigenvalue weighted by molar-refractivity contribution is -0.115. The van der Waals surface area contributed by atoms with Gasteiger partial charge in [-0.2, -0.15) is 0 Å². The van der Waals surface area contributed by atoms with E-state index in [1.54, 1.807) is 55.5 Å². The first-order valence-electron chi connectivity index (χ1n) is 9.34. The molecule has 0 bridgehead atoms. The van der Waals surface area contributed by atoms with Crippen molar-refractivity contribution in [2.45, 2.75) is 20.3 Å². The molecule has 0 aromatic heterocycles. The summed E-state index contributed by atoms with van der Waals surface area (Å²) in [4.78, 5) is 23.8. The van der Waals surface area contributed by atoms with Gasteiger partial charge in [0.05, 0.1) is 6.61 Å². The van der Waals surface area contributed by atoms with E-state index in [0.717, 1.165) is 0 Å². The first kappa shape index (κ1) is 22.3. The fourth-order valence-electron chi connectivity index (χ4n) is 2.33. The number of carbonyl (C=O) groups excluding carboxylic acids is 2. The summed E-state index contributed by atoms with van der Waals surface area (Å²) in [6.07, 6.45) is 0.391. The number of benzene rings is 2. The summed E-state index contributed by atoms with van der Waals surface area (Å²) in [6, 6.07) is 13.8. The van der Waals surface area contributed by atoms with E-state index in [0.29, 0.717) is 48.9 Å². The SMILES string of the molecule is CCOCCOc1ccc(C(=O)NC(=S)Nc2cccc(NC(=O)CC)c2)cc1. The average Bonchev–Trinajstić information content (AvgIpc) is 2.71. The zero-order valence-electron chi connectivity index (χ0n) is 16.5. The summed E-state index contributed by atoms with van der Waals surface area (Å²) in [5.41, 5.74) is 1.76. The van der Waals surface area contributed by atoms with Gasteiger partial charge in [-0.3, -0.25) is 14.9 Å². The van der Waals surface area contributed by atoms with Crippen molar-refractivity contribution < 1.29 is 19.1 Å². The van der Waals surface area contributed by atoms with E-state index in [9.17, 15) is 9.59 Å². The van der Waals surface area contributed by atoms with Crippen LogP contribution in [0.15, 0.2) is 48.5 Å². The van der Waals surface area contributed by atoms with Gasteiger partial charge in [0.15, 0.2) is 5.11 Å². The number of hydrogen-bond donors (Lipinski definition) is 3. The van der Waals surface area contributed by atoms with Crippen LogP contribution in [0.4, 0.5) is 11.4 Å². The Hall–Kier alpha value is -2.97. The van der Waals surface area contributed by atoms with Crippen LogP contribution < -0.4 is 20.7 Å². The van der Waals surface area contributed by atoms with E-state index in [-0.39, 0.29) is 16.9 Å². The Morgan fingerprint density at radius 1 is 0.966 bits per heavy atom. The number of rotatable bonds is 9. The van der Waals surface area contributed by atoms with E-state index in [1.165, 1.54) is 0 Å². The van der Waals surface area contributed by atoms with Gasteiger partial charge in [-0.05, 0) is 61.6 Å². The molecule has 0 heterocycles. The molecule has 0 aliphatic heterocycles. The van der Waals surface area contributed by atoms with Crippen LogP contribution in [0.5, 0.6) is 5.75 Å². The fourth-order valence-corrected chi connectivity index (χ4v) is 2.54. The summed E-state index contributed by atoms with van der Waals surface area (Å²) in [5, 5.41) is 8.49. The number of amides is 2. The molecular weight excluding hydrogens is 390 g/mol. The van der Waals surface area contributed by atoms with Gasteiger partial charge in [-0.15, -0.1) is 0 Å². The van der Waals surface area contributed by atoms with Crippen molar-refractivity contribution in [2.75, 3.05) is 30.5 Å². The van der Waals surface area contributed by atoms with Crippen molar-refractivity contribution in [3.8, 4) is 5.75 Å². The van der Waals surface area contributed by atoms with E-state index in [2.05, 4.69) is 16.0 Å². The number of anilines is 2. The first-order valence-corrected chi connectivity index (χ1v) is 9.75. The highest BCUT2D eigenvalue weighted by Crippen LogP contribution is 2.16. The van der Waals surface area contributed by atoms with Gasteiger partial charge in [0.1, 0.15) is 12.4 Å². The van der Waals surface area contributed by atoms with Crippen LogP contribution in [-0.2, 0) is 9.53 Å². The number of ether oxygens (including phenoxy) is 2. The highest BCUT2D eigenvalue weighted by atomic mass is 32.1. The Morgan fingerprint density at radius 2 is 1.66 bits per heavy atom. The minimum Gasteiger partial charge on any atom is -0.491 e. The third kappa shape index (κ3) is 7.89. The second kappa shape index (κ2) is 11.8. The maximum absolute atomic E-state index is 12.4. The predicted molar refractivity (Wildman–Crippen MR) is 117 cm³/mol. The molecule has 2 rings (SSSR count). The van der Waals surface area contributed by atoms with Gasteiger partial charge in [0, 0.05) is 30.0 Å². The molecule has 0 fully saturated rings. The number of nitrogens with one attached hydrogen (secondary N) is 3. The molecule has 0 radical (unpaired) electrons. The van der Waals surface area contributed by atoms with Crippen LogP contribution in [0, 0.1) is 0 Å². The first-order chi connectivity index (χ1) is 14.0. The molecule has 0 saturated carbocycles. The summed E-state index contributed by atoms with van der Waals surface area (Å²) in [6.45, 7) is 5.32. The molecule has 2 aromatic rings. The molecule has 2 amide bonds. The summed E-state index contributed by atoms with van der Waals surface area (Å²) in [5.74, 6) is 0.245. The molecule has 0 saturated heterocycles. The van der Waals surface area contributed by atoms with Gasteiger partial charge in [0.25, 0.3) is 5.91 Å². The van der Waals surface area contributed by atoms with E-state index in [1.807, 2.05) is 6.92 Å². The van der Waals surface area contributed by atoms with Gasteiger partial charge >= 0.3 is 0 Å². The van der Waals surface area contributed by atoms with Crippen molar-refractivity contribution in [1.82, 2.24) is 5.32 Å². The Morgan fingerprint density at radius 3 is 2.31 bits per heavy atom. The normalized spacial score (nSPS) is 10.1. The Labute approximate surface area is 175 Å². The Balaban J connectivity index is 1.86. The molecule has 0 aliphatic carbocycles. The predicted octanol–water partition coefficient (Wildman–Crippen LogP) is 3.58. The summed E-state index contributed by atoms with van der Waals surface area (Å²) in [7, 11) is 0. The third-order valence-electron chi connectivity index (χ3n) is 3.77. The van der Waals surface area contributed by atoms with Crippen molar-refractivity contribution in [1.29, 1.82) is 0 Å². The molecule has 2 aromatic carbocycles. The second-order valence-electron chi connectivity index (χ2n) is 5.96. The molecule has 7 nitrogen and oxygen atoms in total. The van der Waals surface area contributed by atoms with E-state index in [4.69, 9.17) is 21.7 Å². The zero-order valence-corrected chi connectivity index (χ0v) is 17.3. The number of hydrogen-bond acceptors (Lipinski definition) is 5. The largest absolute Gasteiger partial charge is 0.491 e. The number of carbonyl (C=O) groups is 2. The Kier molecular flexibility index (Phi) is 9.07. The van der Waals surface area contributed by atoms with E-state index >= 15 is 0 Å². The van der Waals surface area contributed by atoms with Crippen LogP contribution in [0.2, 0.25) is 0 Å². The van der Waals surface area contributed by atoms with Gasteiger partial charge in [-0.25, -0.2) is 0 Å². The molecule has 0 atom stereocenters. The van der Waals surface area contributed by atoms with Crippen molar-refractivity contribution in [2.24, 2.45) is 0 Å². The molecule has 3 N–H and O–H groups in total. The van der Waals surface area contributed by atoms with Crippen molar-refractivity contribution in [3.05, 3.63) is 54.1 Å². The lowest BCUT2D eigenvalue weighted by Crippen LogP contribution is -2.34.